The van der Waals surface area contributed by atoms with E-state index in [1.807, 2.05) is 11.0 Å². The molecule has 1 heterocycles. The summed E-state index contributed by atoms with van der Waals surface area (Å²) in [5.41, 5.74) is 2.30. The molecule has 4 nitrogen and oxygen atoms in total. The van der Waals surface area contributed by atoms with E-state index in [-0.39, 0.29) is 17.9 Å². The predicted molar refractivity (Wildman–Crippen MR) is 87.1 cm³/mol. The number of para-hydroxylation sites is 2. The second kappa shape index (κ2) is 5.58. The van der Waals surface area contributed by atoms with E-state index in [0.29, 0.717) is 6.04 Å². The minimum Gasteiger partial charge on any atom is -0.393 e. The van der Waals surface area contributed by atoms with Gasteiger partial charge in [0.15, 0.2) is 0 Å². The zero-order valence-corrected chi connectivity index (χ0v) is 12.9. The van der Waals surface area contributed by atoms with Gasteiger partial charge in [0.1, 0.15) is 0 Å². The summed E-state index contributed by atoms with van der Waals surface area (Å²) in [7, 11) is 0. The standard InChI is InChI=1S/C18H24N2O2/c21-15-9-5-13(6-10-15)18(22)20-12-11-19(14-7-8-14)16-3-1-2-4-17(16)20/h1-4,13-15,21H,5-12H2. The van der Waals surface area contributed by atoms with Crippen molar-refractivity contribution in [3.05, 3.63) is 24.3 Å². The summed E-state index contributed by atoms with van der Waals surface area (Å²) >= 11 is 0. The third kappa shape index (κ3) is 2.50. The van der Waals surface area contributed by atoms with Crippen molar-refractivity contribution < 1.29 is 9.90 Å². The summed E-state index contributed by atoms with van der Waals surface area (Å²) in [6.07, 6.45) is 5.53. The summed E-state index contributed by atoms with van der Waals surface area (Å²) in [6, 6.07) is 9.01. The smallest absolute Gasteiger partial charge is 0.230 e. The van der Waals surface area contributed by atoms with Gasteiger partial charge in [-0.3, -0.25) is 4.79 Å². The summed E-state index contributed by atoms with van der Waals surface area (Å²) in [5, 5.41) is 9.65. The molecule has 1 amide bonds. The van der Waals surface area contributed by atoms with E-state index in [9.17, 15) is 9.90 Å². The van der Waals surface area contributed by atoms with Crippen LogP contribution in [-0.4, -0.2) is 36.2 Å². The molecule has 4 heteroatoms. The van der Waals surface area contributed by atoms with Gasteiger partial charge in [0, 0.05) is 25.0 Å². The highest BCUT2D eigenvalue weighted by Gasteiger charge is 2.37. The van der Waals surface area contributed by atoms with Gasteiger partial charge in [-0.15, -0.1) is 0 Å². The number of aliphatic hydroxyl groups is 1. The van der Waals surface area contributed by atoms with Crippen LogP contribution in [-0.2, 0) is 4.79 Å². The highest BCUT2D eigenvalue weighted by molar-refractivity contribution is 5.99. The predicted octanol–water partition coefficient (Wildman–Crippen LogP) is 2.55. The molecular formula is C18H24N2O2. The summed E-state index contributed by atoms with van der Waals surface area (Å²) in [5.74, 6) is 0.346. The third-order valence-corrected chi connectivity index (χ3v) is 5.35. The van der Waals surface area contributed by atoms with Gasteiger partial charge >= 0.3 is 0 Å². The molecular weight excluding hydrogens is 276 g/mol. The maximum Gasteiger partial charge on any atom is 0.230 e. The van der Waals surface area contributed by atoms with Gasteiger partial charge in [-0.05, 0) is 50.7 Å². The van der Waals surface area contributed by atoms with Crippen LogP contribution in [0.2, 0.25) is 0 Å². The maximum atomic E-state index is 12.9. The molecule has 118 valence electrons. The average molecular weight is 300 g/mol. The fourth-order valence-corrected chi connectivity index (χ4v) is 3.92. The number of fused-ring (bicyclic) bond motifs is 1. The normalized spacial score (nSPS) is 28.4. The Morgan fingerprint density at radius 1 is 0.955 bits per heavy atom. The maximum absolute atomic E-state index is 12.9. The fourth-order valence-electron chi connectivity index (χ4n) is 3.92. The van der Waals surface area contributed by atoms with Crippen LogP contribution in [0, 0.1) is 5.92 Å². The Labute approximate surface area is 131 Å². The molecule has 2 aliphatic carbocycles. The number of anilines is 2. The van der Waals surface area contributed by atoms with Crippen LogP contribution in [0.3, 0.4) is 0 Å². The Balaban J connectivity index is 1.57. The molecule has 0 bridgehead atoms. The molecule has 0 aromatic heterocycles. The zero-order chi connectivity index (χ0) is 15.1. The lowest BCUT2D eigenvalue weighted by molar-refractivity contribution is -0.123. The Morgan fingerprint density at radius 3 is 2.32 bits per heavy atom. The van der Waals surface area contributed by atoms with Crippen LogP contribution in [0.5, 0.6) is 0 Å². The minimum atomic E-state index is -0.206. The van der Waals surface area contributed by atoms with Gasteiger partial charge in [-0.2, -0.15) is 0 Å². The molecule has 1 aromatic rings. The van der Waals surface area contributed by atoms with Gasteiger partial charge in [0.25, 0.3) is 0 Å². The van der Waals surface area contributed by atoms with E-state index in [1.54, 1.807) is 0 Å². The lowest BCUT2D eigenvalue weighted by atomic mass is 9.86. The van der Waals surface area contributed by atoms with Gasteiger partial charge in [-0.1, -0.05) is 12.1 Å². The molecule has 2 fully saturated rings. The monoisotopic (exact) mass is 300 g/mol. The number of aliphatic hydroxyl groups excluding tert-OH is 1. The number of amides is 1. The first-order valence-corrected chi connectivity index (χ1v) is 8.59. The van der Waals surface area contributed by atoms with Crippen molar-refractivity contribution in [2.24, 2.45) is 5.92 Å². The van der Waals surface area contributed by atoms with Gasteiger partial charge in [0.2, 0.25) is 5.91 Å². The van der Waals surface area contributed by atoms with Crippen LogP contribution in [0.1, 0.15) is 38.5 Å². The van der Waals surface area contributed by atoms with Crippen molar-refractivity contribution in [1.29, 1.82) is 0 Å². The molecule has 0 spiro atoms. The minimum absolute atomic E-state index is 0.0870. The second-order valence-corrected chi connectivity index (χ2v) is 6.91. The van der Waals surface area contributed by atoms with E-state index in [4.69, 9.17) is 0 Å². The van der Waals surface area contributed by atoms with Crippen LogP contribution >= 0.6 is 0 Å². The zero-order valence-electron chi connectivity index (χ0n) is 12.9. The largest absolute Gasteiger partial charge is 0.393 e. The quantitative estimate of drug-likeness (QED) is 0.913. The first-order valence-electron chi connectivity index (χ1n) is 8.59. The molecule has 4 rings (SSSR count). The molecule has 0 unspecified atom stereocenters. The van der Waals surface area contributed by atoms with Crippen LogP contribution in [0.15, 0.2) is 24.3 Å². The van der Waals surface area contributed by atoms with E-state index < -0.39 is 0 Å². The van der Waals surface area contributed by atoms with Crippen molar-refractivity contribution in [3.63, 3.8) is 0 Å². The Kier molecular flexibility index (Phi) is 3.57. The lowest BCUT2D eigenvalue weighted by Gasteiger charge is -2.40. The molecule has 2 saturated carbocycles. The van der Waals surface area contributed by atoms with Crippen molar-refractivity contribution >= 4 is 17.3 Å². The first-order chi connectivity index (χ1) is 10.7. The molecule has 1 aromatic carbocycles. The molecule has 3 aliphatic rings. The molecule has 0 saturated heterocycles. The third-order valence-electron chi connectivity index (χ3n) is 5.35. The van der Waals surface area contributed by atoms with Crippen LogP contribution < -0.4 is 9.80 Å². The van der Waals surface area contributed by atoms with Crippen molar-refractivity contribution in [3.8, 4) is 0 Å². The van der Waals surface area contributed by atoms with E-state index in [0.717, 1.165) is 44.5 Å². The lowest BCUT2D eigenvalue weighted by Crippen LogP contribution is -2.47. The van der Waals surface area contributed by atoms with Crippen LogP contribution in [0.4, 0.5) is 11.4 Å². The molecule has 0 atom stereocenters. The van der Waals surface area contributed by atoms with E-state index in [1.165, 1.54) is 18.5 Å². The molecule has 1 N–H and O–H groups in total. The number of nitrogens with zero attached hydrogens (tertiary/aromatic N) is 2. The molecule has 1 aliphatic heterocycles. The molecule has 0 radical (unpaired) electrons. The van der Waals surface area contributed by atoms with Gasteiger partial charge < -0.3 is 14.9 Å². The fraction of sp³-hybridized carbons (Fsp3) is 0.611. The highest BCUT2D eigenvalue weighted by Crippen LogP contribution is 2.41. The summed E-state index contributed by atoms with van der Waals surface area (Å²) in [6.45, 7) is 1.74. The van der Waals surface area contributed by atoms with Gasteiger partial charge in [0.05, 0.1) is 17.5 Å². The van der Waals surface area contributed by atoms with Crippen LogP contribution in [0.25, 0.3) is 0 Å². The SMILES string of the molecule is O=C(C1CCC(O)CC1)N1CCN(C2CC2)c2ccccc21. The topological polar surface area (TPSA) is 43.8 Å². The number of hydrogen-bond acceptors (Lipinski definition) is 3. The van der Waals surface area contributed by atoms with Crippen molar-refractivity contribution in [1.82, 2.24) is 0 Å². The number of benzene rings is 1. The van der Waals surface area contributed by atoms with E-state index >= 15 is 0 Å². The van der Waals surface area contributed by atoms with Gasteiger partial charge in [-0.25, -0.2) is 0 Å². The summed E-state index contributed by atoms with van der Waals surface area (Å²) < 4.78 is 0. The summed E-state index contributed by atoms with van der Waals surface area (Å²) in [4.78, 5) is 17.4. The molecule has 22 heavy (non-hydrogen) atoms. The first kappa shape index (κ1) is 14.1. The van der Waals surface area contributed by atoms with Crippen molar-refractivity contribution in [2.75, 3.05) is 22.9 Å². The number of rotatable bonds is 2. The Bertz CT molecular complexity index is 562. The van der Waals surface area contributed by atoms with E-state index in [2.05, 4.69) is 23.1 Å². The number of carbonyl (C=O) groups is 1. The number of carbonyl (C=O) groups excluding carboxylic acids is 1. The Hall–Kier alpha value is -1.55. The Morgan fingerprint density at radius 2 is 1.64 bits per heavy atom. The second-order valence-electron chi connectivity index (χ2n) is 6.91. The number of hydrogen-bond donors (Lipinski definition) is 1. The average Bonchev–Trinajstić information content (AvgIpc) is 3.39. The van der Waals surface area contributed by atoms with Crippen molar-refractivity contribution in [2.45, 2.75) is 50.7 Å². The highest BCUT2D eigenvalue weighted by atomic mass is 16.3.